The molecule has 0 saturated heterocycles. The molecule has 0 radical (unpaired) electrons. The Labute approximate surface area is 159 Å². The average molecular weight is 389 g/mol. The van der Waals surface area contributed by atoms with Crippen molar-refractivity contribution in [3.05, 3.63) is 59.7 Å². The van der Waals surface area contributed by atoms with E-state index in [0.717, 1.165) is 16.4 Å². The van der Waals surface area contributed by atoms with Crippen molar-refractivity contribution in [2.24, 2.45) is 0 Å². The van der Waals surface area contributed by atoms with Crippen LogP contribution in [0.5, 0.6) is 0 Å². The number of nitrogens with one attached hydrogen (secondary N) is 1. The highest BCUT2D eigenvalue weighted by molar-refractivity contribution is 5.91. The van der Waals surface area contributed by atoms with Gasteiger partial charge in [-0.15, -0.1) is 10.2 Å². The molecule has 0 aliphatic carbocycles. The predicted molar refractivity (Wildman–Crippen MR) is 97.4 cm³/mol. The summed E-state index contributed by atoms with van der Waals surface area (Å²) in [6.45, 7) is 3.81. The Balaban J connectivity index is 1.70. The van der Waals surface area contributed by atoms with Crippen LogP contribution < -0.4 is 5.32 Å². The van der Waals surface area contributed by atoms with Gasteiger partial charge < -0.3 is 5.32 Å². The number of para-hydroxylation sites is 1. The summed E-state index contributed by atoms with van der Waals surface area (Å²) < 4.78 is 39.0. The molecule has 0 unspecified atom stereocenters. The number of carbonyl (C=O) groups is 1. The summed E-state index contributed by atoms with van der Waals surface area (Å²) in [6, 6.07) is 12.4. The molecular formula is C19H18F3N5O. The number of rotatable bonds is 5. The molecule has 0 aliphatic rings. The van der Waals surface area contributed by atoms with Crippen LogP contribution >= 0.6 is 0 Å². The predicted octanol–water partition coefficient (Wildman–Crippen LogP) is 4.12. The minimum absolute atomic E-state index is 0.315. The minimum Gasteiger partial charge on any atom is -0.324 e. The van der Waals surface area contributed by atoms with Crippen molar-refractivity contribution in [2.45, 2.75) is 32.5 Å². The molecule has 3 rings (SSSR count). The molecule has 0 atom stereocenters. The highest BCUT2D eigenvalue weighted by Gasteiger charge is 2.33. The lowest BCUT2D eigenvalue weighted by atomic mass is 10.0. The topological polar surface area (TPSA) is 72.7 Å². The van der Waals surface area contributed by atoms with Crippen LogP contribution in [-0.4, -0.2) is 26.1 Å². The molecule has 1 aromatic heterocycles. The number of alkyl halides is 3. The van der Waals surface area contributed by atoms with Gasteiger partial charge in [0.05, 0.1) is 11.3 Å². The summed E-state index contributed by atoms with van der Waals surface area (Å²) in [4.78, 5) is 13.2. The lowest BCUT2D eigenvalue weighted by Gasteiger charge is -2.13. The largest absolute Gasteiger partial charge is 0.418 e. The third-order valence-corrected chi connectivity index (χ3v) is 4.08. The molecule has 0 spiro atoms. The molecule has 0 aliphatic heterocycles. The van der Waals surface area contributed by atoms with Crippen LogP contribution in [0.1, 0.15) is 30.9 Å². The summed E-state index contributed by atoms with van der Waals surface area (Å²) in [5.74, 6) is 0.0376. The van der Waals surface area contributed by atoms with Gasteiger partial charge >= 0.3 is 6.18 Å². The molecule has 0 fully saturated rings. The number of halogens is 3. The van der Waals surface area contributed by atoms with Crippen LogP contribution in [0, 0.1) is 0 Å². The Morgan fingerprint density at radius 1 is 1.11 bits per heavy atom. The number of tetrazole rings is 1. The maximum absolute atomic E-state index is 13.0. The van der Waals surface area contributed by atoms with Gasteiger partial charge in [0.25, 0.3) is 0 Å². The normalized spacial score (nSPS) is 11.6. The number of aromatic nitrogens is 4. The maximum Gasteiger partial charge on any atom is 0.418 e. The average Bonchev–Trinajstić information content (AvgIpc) is 3.09. The van der Waals surface area contributed by atoms with Crippen molar-refractivity contribution in [1.82, 2.24) is 20.2 Å². The minimum atomic E-state index is -4.56. The Kier molecular flexibility index (Phi) is 5.43. The standard InChI is InChI=1S/C19H18F3N5O/c1-12(2)13-7-9-14(10-8-13)18-24-26-27(25-18)11-17(28)23-16-6-4-3-5-15(16)19(20,21)22/h3-10,12H,11H2,1-2H3,(H,23,28). The third kappa shape index (κ3) is 4.54. The van der Waals surface area contributed by atoms with Crippen molar-refractivity contribution in [2.75, 3.05) is 5.32 Å². The number of anilines is 1. The zero-order valence-electron chi connectivity index (χ0n) is 15.2. The van der Waals surface area contributed by atoms with Crippen molar-refractivity contribution in [3.8, 4) is 11.4 Å². The quantitative estimate of drug-likeness (QED) is 0.712. The van der Waals surface area contributed by atoms with Gasteiger partial charge in [-0.25, -0.2) is 0 Å². The summed E-state index contributed by atoms with van der Waals surface area (Å²) in [6.07, 6.45) is -4.56. The van der Waals surface area contributed by atoms with E-state index >= 15 is 0 Å². The van der Waals surface area contributed by atoms with Gasteiger partial charge in [-0.2, -0.15) is 18.0 Å². The summed E-state index contributed by atoms with van der Waals surface area (Å²) in [5.41, 5.74) is 0.669. The Bertz CT molecular complexity index is 964. The van der Waals surface area contributed by atoms with Gasteiger partial charge in [-0.3, -0.25) is 4.79 Å². The zero-order valence-corrected chi connectivity index (χ0v) is 15.2. The lowest BCUT2D eigenvalue weighted by molar-refractivity contribution is -0.137. The summed E-state index contributed by atoms with van der Waals surface area (Å²) in [7, 11) is 0. The second-order valence-corrected chi connectivity index (χ2v) is 6.51. The highest BCUT2D eigenvalue weighted by Crippen LogP contribution is 2.34. The first-order valence-electron chi connectivity index (χ1n) is 8.58. The fourth-order valence-corrected chi connectivity index (χ4v) is 2.60. The number of hydrogen-bond donors (Lipinski definition) is 1. The molecule has 28 heavy (non-hydrogen) atoms. The maximum atomic E-state index is 13.0. The molecule has 2 aromatic carbocycles. The Morgan fingerprint density at radius 3 is 2.43 bits per heavy atom. The lowest BCUT2D eigenvalue weighted by Crippen LogP contribution is -2.22. The van der Waals surface area contributed by atoms with E-state index in [9.17, 15) is 18.0 Å². The van der Waals surface area contributed by atoms with E-state index in [1.165, 1.54) is 23.8 Å². The van der Waals surface area contributed by atoms with E-state index in [2.05, 4.69) is 34.6 Å². The second kappa shape index (κ2) is 7.79. The van der Waals surface area contributed by atoms with Crippen molar-refractivity contribution < 1.29 is 18.0 Å². The SMILES string of the molecule is CC(C)c1ccc(-c2nnn(CC(=O)Nc3ccccc3C(F)(F)F)n2)cc1. The Morgan fingerprint density at radius 2 is 1.79 bits per heavy atom. The first kappa shape index (κ1) is 19.5. The van der Waals surface area contributed by atoms with Crippen LogP contribution in [0.4, 0.5) is 18.9 Å². The molecule has 1 heterocycles. The van der Waals surface area contributed by atoms with Crippen LogP contribution in [0.2, 0.25) is 0 Å². The van der Waals surface area contributed by atoms with Crippen LogP contribution in [-0.2, 0) is 17.5 Å². The van der Waals surface area contributed by atoms with Gasteiger partial charge in [-0.05, 0) is 28.8 Å². The first-order valence-corrected chi connectivity index (χ1v) is 8.58. The summed E-state index contributed by atoms with van der Waals surface area (Å²) in [5, 5.41) is 14.1. The fraction of sp³-hybridized carbons (Fsp3) is 0.263. The second-order valence-electron chi connectivity index (χ2n) is 6.51. The molecule has 9 heteroatoms. The molecule has 1 amide bonds. The van der Waals surface area contributed by atoms with E-state index in [1.807, 2.05) is 24.3 Å². The Hall–Kier alpha value is -3.23. The van der Waals surface area contributed by atoms with Crippen molar-refractivity contribution in [1.29, 1.82) is 0 Å². The van der Waals surface area contributed by atoms with Gasteiger partial charge in [0.2, 0.25) is 11.7 Å². The van der Waals surface area contributed by atoms with Crippen LogP contribution in [0.3, 0.4) is 0 Å². The van der Waals surface area contributed by atoms with Gasteiger partial charge in [-0.1, -0.05) is 50.2 Å². The molecule has 0 saturated carbocycles. The number of carbonyl (C=O) groups excluding carboxylic acids is 1. The molecule has 6 nitrogen and oxygen atoms in total. The van der Waals surface area contributed by atoms with E-state index in [1.54, 1.807) is 0 Å². The first-order chi connectivity index (χ1) is 13.2. The van der Waals surface area contributed by atoms with Gasteiger partial charge in [0.1, 0.15) is 6.54 Å². The van der Waals surface area contributed by atoms with Gasteiger partial charge in [0.15, 0.2) is 0 Å². The molecule has 3 aromatic rings. The highest BCUT2D eigenvalue weighted by atomic mass is 19.4. The number of hydrogen-bond acceptors (Lipinski definition) is 4. The molecule has 1 N–H and O–H groups in total. The number of benzene rings is 2. The number of amides is 1. The van der Waals surface area contributed by atoms with Crippen LogP contribution in [0.15, 0.2) is 48.5 Å². The molecule has 0 bridgehead atoms. The van der Waals surface area contributed by atoms with Crippen molar-refractivity contribution >= 4 is 11.6 Å². The molecular weight excluding hydrogens is 371 g/mol. The molecule has 146 valence electrons. The fourth-order valence-electron chi connectivity index (χ4n) is 2.60. The van der Waals surface area contributed by atoms with E-state index in [0.29, 0.717) is 11.7 Å². The van der Waals surface area contributed by atoms with Crippen LogP contribution in [0.25, 0.3) is 11.4 Å². The zero-order chi connectivity index (χ0) is 20.3. The summed E-state index contributed by atoms with van der Waals surface area (Å²) >= 11 is 0. The van der Waals surface area contributed by atoms with Gasteiger partial charge in [0, 0.05) is 5.56 Å². The monoisotopic (exact) mass is 389 g/mol. The van der Waals surface area contributed by atoms with E-state index in [-0.39, 0.29) is 12.2 Å². The van der Waals surface area contributed by atoms with E-state index in [4.69, 9.17) is 0 Å². The number of nitrogens with zero attached hydrogens (tertiary/aromatic N) is 4. The van der Waals surface area contributed by atoms with E-state index < -0.39 is 17.6 Å². The smallest absolute Gasteiger partial charge is 0.324 e. The van der Waals surface area contributed by atoms with Crippen molar-refractivity contribution in [3.63, 3.8) is 0 Å². The third-order valence-electron chi connectivity index (χ3n) is 4.08.